The Bertz CT molecular complexity index is 932. The number of nitrogens with zero attached hydrogens (tertiary/aromatic N) is 1. The van der Waals surface area contributed by atoms with Gasteiger partial charge in [0.15, 0.2) is 0 Å². The van der Waals surface area contributed by atoms with Gasteiger partial charge in [0.2, 0.25) is 5.91 Å². The van der Waals surface area contributed by atoms with Crippen molar-refractivity contribution in [3.63, 3.8) is 0 Å². The van der Waals surface area contributed by atoms with E-state index in [1.807, 2.05) is 0 Å². The lowest BCUT2D eigenvalue weighted by Crippen LogP contribution is -2.58. The summed E-state index contributed by atoms with van der Waals surface area (Å²) in [6.45, 7) is 2.13. The van der Waals surface area contributed by atoms with E-state index in [0.717, 1.165) is 24.8 Å². The second kappa shape index (κ2) is 6.72. The number of hydrazone groups is 1. The minimum atomic E-state index is -0.290. The summed E-state index contributed by atoms with van der Waals surface area (Å²) in [5.41, 5.74) is 6.26. The molecule has 4 aliphatic carbocycles. The average molecular weight is 389 g/mol. The van der Waals surface area contributed by atoms with E-state index in [-0.39, 0.29) is 22.5 Å². The summed E-state index contributed by atoms with van der Waals surface area (Å²) in [5, 5.41) is 13.6. The van der Waals surface area contributed by atoms with Crippen LogP contribution in [0.4, 0.5) is 0 Å². The molecule has 0 aliphatic heterocycles. The van der Waals surface area contributed by atoms with Crippen LogP contribution in [0.25, 0.3) is 0 Å². The van der Waals surface area contributed by atoms with Crippen LogP contribution in [0.2, 0.25) is 0 Å². The number of amides is 1. The molecule has 6 rings (SSSR count). The first-order valence-electron chi connectivity index (χ1n) is 10.7. The maximum Gasteiger partial charge on any atom is 0.246 e. The van der Waals surface area contributed by atoms with E-state index >= 15 is 0 Å². The third kappa shape index (κ3) is 3.25. The summed E-state index contributed by atoms with van der Waals surface area (Å²) in [4.78, 5) is 13.3. The molecule has 4 heteroatoms. The number of phenols is 1. The zero-order chi connectivity index (χ0) is 20.1. The molecule has 150 valence electrons. The van der Waals surface area contributed by atoms with Gasteiger partial charge in [0.25, 0.3) is 0 Å². The lowest BCUT2D eigenvalue weighted by Gasteiger charge is -2.61. The number of carbonyl (C=O) groups is 1. The molecule has 4 nitrogen and oxygen atoms in total. The molecule has 2 unspecified atom stereocenters. The molecule has 2 atom stereocenters. The van der Waals surface area contributed by atoms with E-state index in [4.69, 9.17) is 0 Å². The maximum atomic E-state index is 13.3. The number of aromatic hydroxyl groups is 1. The summed E-state index contributed by atoms with van der Waals surface area (Å²) in [7, 11) is 0. The van der Waals surface area contributed by atoms with Crippen LogP contribution in [0.15, 0.2) is 53.6 Å². The van der Waals surface area contributed by atoms with Gasteiger partial charge in [-0.2, -0.15) is 5.10 Å². The lowest BCUT2D eigenvalue weighted by atomic mass is 9.42. The first kappa shape index (κ1) is 18.4. The molecular weight excluding hydrogens is 360 g/mol. The molecule has 4 aliphatic rings. The van der Waals surface area contributed by atoms with Gasteiger partial charge in [-0.3, -0.25) is 4.79 Å². The largest absolute Gasteiger partial charge is 0.508 e. The van der Waals surface area contributed by atoms with Crippen molar-refractivity contribution in [2.45, 2.75) is 50.9 Å². The monoisotopic (exact) mass is 388 g/mol. The fourth-order valence-electron chi connectivity index (χ4n) is 6.62. The average Bonchev–Trinajstić information content (AvgIpc) is 2.69. The summed E-state index contributed by atoms with van der Waals surface area (Å²) in [5.74, 6) is 1.59. The van der Waals surface area contributed by atoms with E-state index in [9.17, 15) is 9.90 Å². The Morgan fingerprint density at radius 1 is 1.03 bits per heavy atom. The zero-order valence-electron chi connectivity index (χ0n) is 16.9. The highest BCUT2D eigenvalue weighted by Crippen LogP contribution is 2.65. The van der Waals surface area contributed by atoms with Gasteiger partial charge < -0.3 is 5.11 Å². The van der Waals surface area contributed by atoms with Gasteiger partial charge in [0, 0.05) is 0 Å². The molecule has 0 heterocycles. The van der Waals surface area contributed by atoms with Crippen molar-refractivity contribution >= 4 is 12.1 Å². The molecule has 4 saturated carbocycles. The van der Waals surface area contributed by atoms with E-state index in [2.05, 4.69) is 41.7 Å². The molecule has 2 aromatic rings. The van der Waals surface area contributed by atoms with Crippen molar-refractivity contribution < 1.29 is 9.90 Å². The highest BCUT2D eigenvalue weighted by atomic mass is 16.3. The standard InChI is InChI=1S/C25H28N2O2/c1-17-2-6-21(7-3-17)24-11-19-10-20(12-24)14-25(13-19,16-24)23(29)27-26-15-18-4-8-22(28)9-5-18/h2-9,15,19-20,28H,10-14,16H2,1H3,(H,27,29). The number of rotatable bonds is 4. The summed E-state index contributed by atoms with van der Waals surface area (Å²) in [6, 6.07) is 15.8. The Morgan fingerprint density at radius 2 is 1.69 bits per heavy atom. The van der Waals surface area contributed by atoms with Crippen LogP contribution in [0, 0.1) is 24.2 Å². The van der Waals surface area contributed by atoms with Crippen LogP contribution in [0.1, 0.15) is 55.2 Å². The third-order valence-electron chi connectivity index (χ3n) is 7.48. The van der Waals surface area contributed by atoms with Crippen molar-refractivity contribution in [1.82, 2.24) is 5.43 Å². The third-order valence-corrected chi connectivity index (χ3v) is 7.48. The van der Waals surface area contributed by atoms with Gasteiger partial charge in [-0.1, -0.05) is 29.8 Å². The number of nitrogens with one attached hydrogen (secondary N) is 1. The van der Waals surface area contributed by atoms with Crippen LogP contribution in [-0.2, 0) is 10.2 Å². The highest BCUT2D eigenvalue weighted by molar-refractivity contribution is 5.86. The molecule has 2 N–H and O–H groups in total. The van der Waals surface area contributed by atoms with Gasteiger partial charge in [-0.05, 0) is 98.1 Å². The smallest absolute Gasteiger partial charge is 0.246 e. The lowest BCUT2D eigenvalue weighted by molar-refractivity contribution is -0.149. The Kier molecular flexibility index (Phi) is 4.27. The first-order valence-corrected chi connectivity index (χ1v) is 10.7. The van der Waals surface area contributed by atoms with Crippen molar-refractivity contribution in [3.8, 4) is 5.75 Å². The van der Waals surface area contributed by atoms with E-state index in [0.29, 0.717) is 11.8 Å². The van der Waals surface area contributed by atoms with Crippen LogP contribution < -0.4 is 5.43 Å². The van der Waals surface area contributed by atoms with E-state index < -0.39 is 0 Å². The molecule has 2 aromatic carbocycles. The molecule has 29 heavy (non-hydrogen) atoms. The highest BCUT2D eigenvalue weighted by Gasteiger charge is 2.60. The zero-order valence-corrected chi connectivity index (χ0v) is 16.9. The van der Waals surface area contributed by atoms with Gasteiger partial charge in [0.05, 0.1) is 11.6 Å². The number of benzene rings is 2. The second-order valence-corrected chi connectivity index (χ2v) is 9.68. The topological polar surface area (TPSA) is 61.7 Å². The van der Waals surface area contributed by atoms with E-state index in [1.54, 1.807) is 30.5 Å². The SMILES string of the molecule is Cc1ccc(C23CC4CC(CC(C(=O)NN=Cc5ccc(O)cc5)(C4)C2)C3)cc1. The van der Waals surface area contributed by atoms with Crippen molar-refractivity contribution in [1.29, 1.82) is 0 Å². The Morgan fingerprint density at radius 3 is 2.34 bits per heavy atom. The predicted molar refractivity (Wildman–Crippen MR) is 114 cm³/mol. The fraction of sp³-hybridized carbons (Fsp3) is 0.440. The molecule has 0 aromatic heterocycles. The van der Waals surface area contributed by atoms with Gasteiger partial charge in [-0.25, -0.2) is 5.43 Å². The Hall–Kier alpha value is -2.62. The first-order chi connectivity index (χ1) is 14.0. The quantitative estimate of drug-likeness (QED) is 0.590. The summed E-state index contributed by atoms with van der Waals surface area (Å²) < 4.78 is 0. The number of hydrogen-bond acceptors (Lipinski definition) is 3. The number of hydrogen-bond donors (Lipinski definition) is 2. The molecule has 4 bridgehead atoms. The minimum absolute atomic E-state index is 0.0816. The summed E-state index contributed by atoms with van der Waals surface area (Å²) in [6.07, 6.45) is 8.30. The molecular formula is C25H28N2O2. The molecule has 4 fully saturated rings. The van der Waals surface area contributed by atoms with Crippen molar-refractivity contribution in [2.24, 2.45) is 22.4 Å². The fourth-order valence-corrected chi connectivity index (χ4v) is 6.62. The molecule has 0 spiro atoms. The van der Waals surface area contributed by atoms with Gasteiger partial charge in [0.1, 0.15) is 5.75 Å². The van der Waals surface area contributed by atoms with Crippen LogP contribution >= 0.6 is 0 Å². The van der Waals surface area contributed by atoms with Crippen LogP contribution in [-0.4, -0.2) is 17.2 Å². The number of phenolic OH excluding ortho intramolecular Hbond substituents is 1. The molecule has 0 saturated heterocycles. The van der Waals surface area contributed by atoms with Gasteiger partial charge >= 0.3 is 0 Å². The Labute approximate surface area is 172 Å². The van der Waals surface area contributed by atoms with Crippen LogP contribution in [0.5, 0.6) is 5.75 Å². The van der Waals surface area contributed by atoms with Gasteiger partial charge in [-0.15, -0.1) is 0 Å². The predicted octanol–water partition coefficient (Wildman–Crippen LogP) is 4.69. The molecule has 0 radical (unpaired) electrons. The summed E-state index contributed by atoms with van der Waals surface area (Å²) >= 11 is 0. The number of carbonyl (C=O) groups excluding carboxylic acids is 1. The normalized spacial score (nSPS) is 32.6. The maximum absolute atomic E-state index is 13.3. The van der Waals surface area contributed by atoms with Crippen molar-refractivity contribution in [2.75, 3.05) is 0 Å². The minimum Gasteiger partial charge on any atom is -0.508 e. The Balaban J connectivity index is 1.37. The second-order valence-electron chi connectivity index (χ2n) is 9.68. The van der Waals surface area contributed by atoms with Crippen molar-refractivity contribution in [3.05, 3.63) is 65.2 Å². The van der Waals surface area contributed by atoms with Crippen LogP contribution in [0.3, 0.4) is 0 Å². The molecule has 1 amide bonds. The van der Waals surface area contributed by atoms with E-state index in [1.165, 1.54) is 30.4 Å². The number of aryl methyl sites for hydroxylation is 1.